The maximum absolute atomic E-state index is 11.5. The van der Waals surface area contributed by atoms with Crippen molar-refractivity contribution in [2.75, 3.05) is 5.32 Å². The van der Waals surface area contributed by atoms with Gasteiger partial charge in [0.15, 0.2) is 0 Å². The number of carboxylic acid groups (broad SMARTS) is 1. The zero-order valence-corrected chi connectivity index (χ0v) is 13.4. The van der Waals surface area contributed by atoms with Gasteiger partial charge in [-0.05, 0) is 48.9 Å². The van der Waals surface area contributed by atoms with E-state index in [9.17, 15) is 14.7 Å². The Morgan fingerprint density at radius 1 is 1.04 bits per heavy atom. The fraction of sp³-hybridized carbons (Fsp3) is 0.125. The Morgan fingerprint density at radius 3 is 2.35 bits per heavy atom. The Bertz CT molecular complexity index is 717. The Morgan fingerprint density at radius 2 is 1.74 bits per heavy atom. The molecule has 2 aromatic carbocycles. The second kappa shape index (κ2) is 7.85. The van der Waals surface area contributed by atoms with Gasteiger partial charge in [-0.1, -0.05) is 23.2 Å². The molecule has 0 heterocycles. The molecule has 7 heteroatoms. The van der Waals surface area contributed by atoms with Crippen molar-refractivity contribution in [3.05, 3.63) is 52.5 Å². The quantitative estimate of drug-likeness (QED) is 0.865. The number of hydrogen-bond acceptors (Lipinski definition) is 4. The molecule has 0 atom stereocenters. The second-order valence-electron chi connectivity index (χ2n) is 4.62. The van der Waals surface area contributed by atoms with Crippen LogP contribution in [0.15, 0.2) is 42.5 Å². The monoisotopic (exact) mass is 352 g/mol. The molecule has 0 bridgehead atoms. The van der Waals surface area contributed by atoms with Crippen LogP contribution >= 0.6 is 23.2 Å². The van der Waals surface area contributed by atoms with Crippen molar-refractivity contribution in [2.24, 2.45) is 0 Å². The van der Waals surface area contributed by atoms with Crippen molar-refractivity contribution in [1.29, 1.82) is 0 Å². The highest BCUT2D eigenvalue weighted by Crippen LogP contribution is 2.32. The van der Waals surface area contributed by atoms with Gasteiger partial charge in [-0.3, -0.25) is 4.79 Å². The van der Waals surface area contributed by atoms with E-state index in [1.807, 2.05) is 0 Å². The smallest absolute Gasteiger partial charge is 0.224 e. The second-order valence-corrected chi connectivity index (χ2v) is 5.47. The van der Waals surface area contributed by atoms with Crippen LogP contribution in [0.1, 0.15) is 12.8 Å². The number of carbonyl (C=O) groups is 2. The lowest BCUT2D eigenvalue weighted by atomic mass is 10.2. The van der Waals surface area contributed by atoms with E-state index >= 15 is 0 Å². The molecule has 1 amide bonds. The minimum Gasteiger partial charge on any atom is -0.550 e. The van der Waals surface area contributed by atoms with Crippen LogP contribution in [0.4, 0.5) is 5.69 Å². The number of carbonyl (C=O) groups excluding carboxylic acids is 2. The maximum Gasteiger partial charge on any atom is 0.224 e. The first kappa shape index (κ1) is 17.1. The van der Waals surface area contributed by atoms with Crippen LogP contribution < -0.4 is 15.2 Å². The fourth-order valence-electron chi connectivity index (χ4n) is 1.73. The van der Waals surface area contributed by atoms with E-state index in [-0.39, 0.29) is 12.8 Å². The maximum atomic E-state index is 11.5. The number of ether oxygens (including phenoxy) is 1. The third-order valence-electron chi connectivity index (χ3n) is 2.81. The van der Waals surface area contributed by atoms with Gasteiger partial charge in [-0.15, -0.1) is 0 Å². The molecule has 0 aliphatic carbocycles. The molecule has 23 heavy (non-hydrogen) atoms. The number of aliphatic carboxylic acids is 1. The molecule has 2 rings (SSSR count). The lowest BCUT2D eigenvalue weighted by Crippen LogP contribution is -2.24. The molecular formula is C16H12Cl2NO4-. The van der Waals surface area contributed by atoms with Crippen molar-refractivity contribution in [3.8, 4) is 11.5 Å². The predicted molar refractivity (Wildman–Crippen MR) is 85.8 cm³/mol. The summed E-state index contributed by atoms with van der Waals surface area (Å²) in [7, 11) is 0. The number of halogens is 2. The van der Waals surface area contributed by atoms with Gasteiger partial charge in [0.05, 0.1) is 5.02 Å². The lowest BCUT2D eigenvalue weighted by Gasteiger charge is -2.10. The third-order valence-corrected chi connectivity index (χ3v) is 3.36. The summed E-state index contributed by atoms with van der Waals surface area (Å²) in [5.41, 5.74) is 0.446. The number of anilines is 1. The molecule has 0 unspecified atom stereocenters. The highest BCUT2D eigenvalue weighted by atomic mass is 35.5. The Kier molecular flexibility index (Phi) is 5.84. The molecule has 0 aliphatic rings. The largest absolute Gasteiger partial charge is 0.550 e. The summed E-state index contributed by atoms with van der Waals surface area (Å²) < 4.78 is 5.61. The minimum atomic E-state index is -1.27. The molecule has 2 aromatic rings. The van der Waals surface area contributed by atoms with E-state index < -0.39 is 11.9 Å². The average molecular weight is 353 g/mol. The van der Waals surface area contributed by atoms with Gasteiger partial charge in [0.1, 0.15) is 11.5 Å². The molecule has 0 saturated heterocycles. The first-order chi connectivity index (χ1) is 10.9. The average Bonchev–Trinajstić information content (AvgIpc) is 2.50. The van der Waals surface area contributed by atoms with E-state index in [2.05, 4.69) is 5.32 Å². The van der Waals surface area contributed by atoms with Gasteiger partial charge in [0, 0.05) is 23.1 Å². The lowest BCUT2D eigenvalue weighted by molar-refractivity contribution is -0.305. The molecular weight excluding hydrogens is 341 g/mol. The zero-order valence-electron chi connectivity index (χ0n) is 11.8. The summed E-state index contributed by atoms with van der Waals surface area (Å²) in [5, 5.41) is 13.8. The minimum absolute atomic E-state index is 0.164. The normalized spacial score (nSPS) is 10.2. The number of nitrogens with one attached hydrogen (secondary N) is 1. The van der Waals surface area contributed by atoms with E-state index in [0.29, 0.717) is 27.2 Å². The third kappa shape index (κ3) is 5.47. The molecule has 0 aromatic heterocycles. The van der Waals surface area contributed by atoms with Gasteiger partial charge in [-0.2, -0.15) is 0 Å². The standard InChI is InChI=1S/C16H13Cl2NO4/c17-10-1-4-12(5-2-10)23-14-6-3-11(9-13(14)18)19-15(20)7-8-16(21)22/h1-6,9H,7-8H2,(H,19,20)(H,21,22)/p-1. The summed E-state index contributed by atoms with van der Waals surface area (Å²) in [6.45, 7) is 0. The van der Waals surface area contributed by atoms with Gasteiger partial charge in [-0.25, -0.2) is 0 Å². The molecule has 5 nitrogen and oxygen atoms in total. The Balaban J connectivity index is 2.01. The van der Waals surface area contributed by atoms with Gasteiger partial charge < -0.3 is 20.0 Å². The van der Waals surface area contributed by atoms with Gasteiger partial charge >= 0.3 is 0 Å². The number of rotatable bonds is 6. The zero-order chi connectivity index (χ0) is 16.8. The predicted octanol–water partition coefficient (Wildman–Crippen LogP) is 3.25. The fourth-order valence-corrected chi connectivity index (χ4v) is 2.08. The summed E-state index contributed by atoms with van der Waals surface area (Å²) in [6.07, 6.45) is -0.500. The van der Waals surface area contributed by atoms with Crippen LogP contribution in [-0.4, -0.2) is 11.9 Å². The summed E-state index contributed by atoms with van der Waals surface area (Å²) >= 11 is 11.9. The molecule has 120 valence electrons. The van der Waals surface area contributed by atoms with Crippen molar-refractivity contribution in [2.45, 2.75) is 12.8 Å². The highest BCUT2D eigenvalue weighted by Gasteiger charge is 2.07. The van der Waals surface area contributed by atoms with Crippen LogP contribution in [0.5, 0.6) is 11.5 Å². The van der Waals surface area contributed by atoms with E-state index in [4.69, 9.17) is 27.9 Å². The SMILES string of the molecule is O=C([O-])CCC(=O)Nc1ccc(Oc2ccc(Cl)cc2)c(Cl)c1. The van der Waals surface area contributed by atoms with Gasteiger partial charge in [0.25, 0.3) is 0 Å². The van der Waals surface area contributed by atoms with E-state index in [0.717, 1.165) is 0 Å². The number of hydrogen-bond donors (Lipinski definition) is 1. The molecule has 0 aliphatic heterocycles. The summed E-state index contributed by atoms with van der Waals surface area (Å²) in [6, 6.07) is 11.5. The van der Waals surface area contributed by atoms with Crippen molar-refractivity contribution in [1.82, 2.24) is 0 Å². The number of benzene rings is 2. The van der Waals surface area contributed by atoms with Crippen LogP contribution in [0.2, 0.25) is 10.0 Å². The number of amides is 1. The summed E-state index contributed by atoms with van der Waals surface area (Å²) in [5.74, 6) is -0.717. The van der Waals surface area contributed by atoms with Crippen LogP contribution in [0, 0.1) is 0 Å². The number of carboxylic acids is 1. The molecule has 0 radical (unpaired) electrons. The molecule has 1 N–H and O–H groups in total. The Hall–Kier alpha value is -2.24. The van der Waals surface area contributed by atoms with Crippen LogP contribution in [-0.2, 0) is 9.59 Å². The molecule has 0 saturated carbocycles. The topological polar surface area (TPSA) is 78.5 Å². The van der Waals surface area contributed by atoms with Gasteiger partial charge in [0.2, 0.25) is 5.91 Å². The first-order valence-electron chi connectivity index (χ1n) is 6.67. The van der Waals surface area contributed by atoms with Crippen molar-refractivity contribution < 1.29 is 19.4 Å². The van der Waals surface area contributed by atoms with Crippen LogP contribution in [0.25, 0.3) is 0 Å². The molecule has 0 fully saturated rings. The Labute approximate surface area is 142 Å². The highest BCUT2D eigenvalue weighted by molar-refractivity contribution is 6.32. The van der Waals surface area contributed by atoms with Crippen LogP contribution in [0.3, 0.4) is 0 Å². The summed E-state index contributed by atoms with van der Waals surface area (Å²) in [4.78, 5) is 21.9. The molecule has 0 spiro atoms. The van der Waals surface area contributed by atoms with Crippen molar-refractivity contribution >= 4 is 40.8 Å². The first-order valence-corrected chi connectivity index (χ1v) is 7.42. The van der Waals surface area contributed by atoms with E-state index in [1.54, 1.807) is 36.4 Å². The van der Waals surface area contributed by atoms with Crippen molar-refractivity contribution in [3.63, 3.8) is 0 Å². The van der Waals surface area contributed by atoms with E-state index in [1.165, 1.54) is 6.07 Å².